The quantitative estimate of drug-likeness (QED) is 0.262. The molecule has 0 spiro atoms. The Balaban J connectivity index is 2.23. The van der Waals surface area contributed by atoms with Gasteiger partial charge in [0.25, 0.3) is 0 Å². The number of esters is 2. The number of ether oxygens (including phenoxy) is 7. The van der Waals surface area contributed by atoms with E-state index in [1.165, 1.54) is 34.8 Å². The van der Waals surface area contributed by atoms with E-state index >= 15 is 0 Å². The summed E-state index contributed by atoms with van der Waals surface area (Å²) in [5.41, 5.74) is -4.92. The van der Waals surface area contributed by atoms with Crippen molar-refractivity contribution in [1.29, 1.82) is 0 Å². The smallest absolute Gasteiger partial charge is 0.311 e. The fourth-order valence-electron chi connectivity index (χ4n) is 8.71. The Morgan fingerprint density at radius 1 is 0.907 bits per heavy atom. The minimum absolute atomic E-state index is 0.0755. The van der Waals surface area contributed by atoms with Crippen LogP contribution in [0.4, 0.5) is 0 Å². The molecule has 0 amide bonds. The summed E-state index contributed by atoms with van der Waals surface area (Å²) in [6.07, 6.45) is -9.80. The second-order valence-corrected chi connectivity index (χ2v) is 17.1. The van der Waals surface area contributed by atoms with Crippen molar-refractivity contribution in [3.63, 3.8) is 0 Å². The standard InChI is InChI=1S/C39H69NO14/c1-15-27-39(11,47)32(43)21(4)29(42)19(2)17-37(9,46)34(54-36-31(51-25(8)41)26(40(12)13)16-20(3)49-36)22(5)30(23(6)35(45)52-27)53-28-18-38(10,48-14)33(44)24(7)50-28/h19-24,26-28,30-34,36,43-44,46-47H,15-18H2,1-14H3/t19?,20?,21?,22?,23?,24?,26?,27?,28?,30?,31?,32?,33?,34?,36?,37-,38-,39-/m1/s1. The first kappa shape index (κ1) is 46.6. The van der Waals surface area contributed by atoms with Crippen LogP contribution < -0.4 is 0 Å². The number of carbonyl (C=O) groups is 3. The Labute approximate surface area is 321 Å². The highest BCUT2D eigenvalue weighted by atomic mass is 16.7. The number of cyclic esters (lactones) is 1. The number of hydrogen-bond acceptors (Lipinski definition) is 15. The maximum Gasteiger partial charge on any atom is 0.311 e. The molecule has 3 aliphatic heterocycles. The van der Waals surface area contributed by atoms with Crippen molar-refractivity contribution in [3.8, 4) is 0 Å². The molecule has 15 unspecified atom stereocenters. The minimum atomic E-state index is -2.01. The number of Topliss-reactive ketones (excluding diaryl/α,β-unsaturated/α-hetero) is 1. The number of aliphatic hydroxyl groups excluding tert-OH is 2. The molecular formula is C39H69NO14. The Morgan fingerprint density at radius 2 is 1.52 bits per heavy atom. The fraction of sp³-hybridized carbons (Fsp3) is 0.923. The molecule has 3 heterocycles. The topological polar surface area (TPSA) is 200 Å². The lowest BCUT2D eigenvalue weighted by molar-refractivity contribution is -0.318. The molecule has 0 radical (unpaired) electrons. The monoisotopic (exact) mass is 775 g/mol. The van der Waals surface area contributed by atoms with Crippen molar-refractivity contribution in [2.24, 2.45) is 23.7 Å². The molecule has 4 N–H and O–H groups in total. The van der Waals surface area contributed by atoms with Crippen LogP contribution in [-0.4, -0.2) is 149 Å². The van der Waals surface area contributed by atoms with Gasteiger partial charge >= 0.3 is 11.9 Å². The van der Waals surface area contributed by atoms with Crippen molar-refractivity contribution in [3.05, 3.63) is 0 Å². The molecule has 0 aromatic carbocycles. The van der Waals surface area contributed by atoms with Crippen LogP contribution in [0.2, 0.25) is 0 Å². The SMILES string of the molecule is CCC1OC(=O)C(C)C(OC2C[C@@](C)(OC)C(O)C(C)O2)C(C)C(OC2OC(C)CC(N(C)C)C2OC(C)=O)[C@](C)(O)CC(C)C(=O)C(C)C(O)[C@]1(C)O. The second-order valence-electron chi connectivity index (χ2n) is 17.1. The van der Waals surface area contributed by atoms with Crippen LogP contribution in [0.25, 0.3) is 0 Å². The van der Waals surface area contributed by atoms with Gasteiger partial charge in [-0.05, 0) is 74.9 Å². The van der Waals surface area contributed by atoms with Crippen LogP contribution >= 0.6 is 0 Å². The largest absolute Gasteiger partial charge is 0.459 e. The average molecular weight is 776 g/mol. The van der Waals surface area contributed by atoms with Gasteiger partial charge in [-0.1, -0.05) is 27.7 Å². The van der Waals surface area contributed by atoms with Crippen LogP contribution in [0.15, 0.2) is 0 Å². The number of methoxy groups -OCH3 is 1. The fourth-order valence-corrected chi connectivity index (χ4v) is 8.71. The summed E-state index contributed by atoms with van der Waals surface area (Å²) < 4.78 is 43.3. The molecule has 0 aliphatic carbocycles. The number of likely N-dealkylation sites (N-methyl/N-ethyl adjacent to an activating group) is 1. The van der Waals surface area contributed by atoms with Crippen molar-refractivity contribution in [1.82, 2.24) is 4.90 Å². The number of carbonyl (C=O) groups excluding carboxylic acids is 3. The van der Waals surface area contributed by atoms with Crippen LogP contribution in [0.1, 0.15) is 102 Å². The van der Waals surface area contributed by atoms with Crippen LogP contribution in [0.3, 0.4) is 0 Å². The van der Waals surface area contributed by atoms with Gasteiger partial charge < -0.3 is 58.5 Å². The van der Waals surface area contributed by atoms with E-state index in [0.29, 0.717) is 6.42 Å². The summed E-state index contributed by atoms with van der Waals surface area (Å²) >= 11 is 0. The van der Waals surface area contributed by atoms with Gasteiger partial charge in [0, 0.05) is 38.2 Å². The normalized spacial score (nSPS) is 47.5. The summed E-state index contributed by atoms with van der Waals surface area (Å²) in [6.45, 7) is 17.6. The van der Waals surface area contributed by atoms with E-state index < -0.39 is 114 Å². The van der Waals surface area contributed by atoms with Crippen LogP contribution in [0, 0.1) is 23.7 Å². The Hall–Kier alpha value is -1.79. The van der Waals surface area contributed by atoms with E-state index in [1.807, 2.05) is 25.9 Å². The van der Waals surface area contributed by atoms with Crippen LogP contribution in [0.5, 0.6) is 0 Å². The molecule has 15 nitrogen and oxygen atoms in total. The van der Waals surface area contributed by atoms with Gasteiger partial charge in [0.15, 0.2) is 18.7 Å². The highest BCUT2D eigenvalue weighted by molar-refractivity contribution is 5.83. The maximum atomic E-state index is 14.2. The Bertz CT molecular complexity index is 1280. The molecule has 0 aromatic heterocycles. The lowest BCUT2D eigenvalue weighted by atomic mass is 9.74. The molecule has 0 aromatic rings. The predicted octanol–water partition coefficient (Wildman–Crippen LogP) is 2.36. The van der Waals surface area contributed by atoms with Gasteiger partial charge in [0.05, 0.1) is 53.7 Å². The van der Waals surface area contributed by atoms with Crippen molar-refractivity contribution in [2.45, 2.75) is 186 Å². The number of hydrogen-bond donors (Lipinski definition) is 4. The van der Waals surface area contributed by atoms with E-state index in [-0.39, 0.29) is 31.4 Å². The molecule has 3 fully saturated rings. The van der Waals surface area contributed by atoms with E-state index in [0.717, 1.165) is 0 Å². The molecule has 54 heavy (non-hydrogen) atoms. The molecule has 3 rings (SSSR count). The zero-order valence-corrected chi connectivity index (χ0v) is 34.8. The molecule has 0 bridgehead atoms. The molecule has 0 saturated carbocycles. The third kappa shape index (κ3) is 10.2. The van der Waals surface area contributed by atoms with Gasteiger partial charge in [-0.3, -0.25) is 14.4 Å². The summed E-state index contributed by atoms with van der Waals surface area (Å²) in [7, 11) is 5.19. The van der Waals surface area contributed by atoms with Crippen LogP contribution in [-0.2, 0) is 47.5 Å². The molecule has 15 heteroatoms. The lowest BCUT2D eigenvalue weighted by Gasteiger charge is -2.49. The molecule has 18 atom stereocenters. The van der Waals surface area contributed by atoms with Crippen molar-refractivity contribution in [2.75, 3.05) is 21.2 Å². The zero-order valence-electron chi connectivity index (χ0n) is 34.8. The summed E-state index contributed by atoms with van der Waals surface area (Å²) in [4.78, 5) is 42.4. The highest BCUT2D eigenvalue weighted by Crippen LogP contribution is 2.41. The van der Waals surface area contributed by atoms with E-state index in [1.54, 1.807) is 41.5 Å². The summed E-state index contributed by atoms with van der Waals surface area (Å²) in [6, 6.07) is -0.320. The van der Waals surface area contributed by atoms with Crippen molar-refractivity contribution >= 4 is 17.7 Å². The van der Waals surface area contributed by atoms with E-state index in [9.17, 15) is 34.8 Å². The van der Waals surface area contributed by atoms with E-state index in [2.05, 4.69) is 0 Å². The first-order valence-electron chi connectivity index (χ1n) is 19.4. The Kier molecular flexibility index (Phi) is 15.7. The van der Waals surface area contributed by atoms with Gasteiger partial charge in [-0.2, -0.15) is 0 Å². The first-order chi connectivity index (χ1) is 24.8. The average Bonchev–Trinajstić information content (AvgIpc) is 3.08. The highest BCUT2D eigenvalue weighted by Gasteiger charge is 2.54. The third-order valence-corrected chi connectivity index (χ3v) is 12.1. The minimum Gasteiger partial charge on any atom is -0.459 e. The second kappa shape index (κ2) is 18.2. The van der Waals surface area contributed by atoms with E-state index in [4.69, 9.17) is 33.2 Å². The zero-order chi connectivity index (χ0) is 41.2. The van der Waals surface area contributed by atoms with Gasteiger partial charge in [-0.15, -0.1) is 0 Å². The number of ketones is 1. The third-order valence-electron chi connectivity index (χ3n) is 12.1. The summed E-state index contributed by atoms with van der Waals surface area (Å²) in [5.74, 6) is -5.68. The molecular weight excluding hydrogens is 706 g/mol. The number of aliphatic hydroxyl groups is 4. The van der Waals surface area contributed by atoms with Gasteiger partial charge in [0.1, 0.15) is 23.6 Å². The first-order valence-corrected chi connectivity index (χ1v) is 19.4. The molecule has 3 saturated heterocycles. The van der Waals surface area contributed by atoms with Crippen molar-refractivity contribution < 1.29 is 68.0 Å². The lowest BCUT2D eigenvalue weighted by Crippen LogP contribution is -2.61. The maximum absolute atomic E-state index is 14.2. The number of nitrogens with zero attached hydrogens (tertiary/aromatic N) is 1. The Morgan fingerprint density at radius 3 is 2.06 bits per heavy atom. The molecule has 3 aliphatic rings. The number of rotatable bonds is 8. The molecule has 314 valence electrons. The van der Waals surface area contributed by atoms with Gasteiger partial charge in [-0.25, -0.2) is 0 Å². The van der Waals surface area contributed by atoms with Gasteiger partial charge in [0.2, 0.25) is 0 Å². The summed E-state index contributed by atoms with van der Waals surface area (Å²) in [5, 5.41) is 46.5. The predicted molar refractivity (Wildman–Crippen MR) is 196 cm³/mol.